The number of hydrogen-bond donors (Lipinski definition) is 1. The van der Waals surface area contributed by atoms with E-state index in [-0.39, 0.29) is 11.2 Å². The van der Waals surface area contributed by atoms with Crippen LogP contribution >= 0.6 is 12.6 Å². The summed E-state index contributed by atoms with van der Waals surface area (Å²) in [6, 6.07) is 8.45. The molecule has 98 valence electrons. The molecule has 0 saturated carbocycles. The van der Waals surface area contributed by atoms with Gasteiger partial charge in [-0.1, -0.05) is 24.3 Å². The van der Waals surface area contributed by atoms with E-state index in [1.165, 1.54) is 11.1 Å². The van der Waals surface area contributed by atoms with Gasteiger partial charge in [0, 0.05) is 31.3 Å². The molecule has 1 aromatic rings. The molecule has 0 radical (unpaired) electrons. The molecule has 4 heteroatoms. The van der Waals surface area contributed by atoms with Crippen LogP contribution in [0.3, 0.4) is 0 Å². The molecule has 18 heavy (non-hydrogen) atoms. The Morgan fingerprint density at radius 1 is 1.39 bits per heavy atom. The number of likely N-dealkylation sites (tertiary alicyclic amines) is 1. The van der Waals surface area contributed by atoms with Gasteiger partial charge in [0.15, 0.2) is 0 Å². The molecule has 0 N–H and O–H groups in total. The van der Waals surface area contributed by atoms with Crippen LogP contribution in [0.1, 0.15) is 17.5 Å². The van der Waals surface area contributed by atoms with Crippen molar-refractivity contribution in [1.29, 1.82) is 0 Å². The highest BCUT2D eigenvalue weighted by atomic mass is 32.1. The first kappa shape index (κ1) is 13.4. The minimum atomic E-state index is 0.197. The Hall–Kier alpha value is -1.00. The van der Waals surface area contributed by atoms with Crippen molar-refractivity contribution in [3.63, 3.8) is 0 Å². The standard InChI is InChI=1S/C14H20N2OS/c1-15(2)8-11-4-3-5-12(6-11)9-16-10-13(18)7-14(16)17/h3-6,13,18H,7-10H2,1-2H3. The predicted molar refractivity (Wildman–Crippen MR) is 76.6 cm³/mol. The smallest absolute Gasteiger partial charge is 0.224 e. The summed E-state index contributed by atoms with van der Waals surface area (Å²) in [4.78, 5) is 15.8. The van der Waals surface area contributed by atoms with Gasteiger partial charge in [-0.25, -0.2) is 0 Å². The molecule has 1 aliphatic rings. The molecule has 1 heterocycles. The summed E-state index contributed by atoms with van der Waals surface area (Å²) in [7, 11) is 4.12. The molecule has 1 atom stereocenters. The van der Waals surface area contributed by atoms with E-state index in [1.54, 1.807) is 0 Å². The van der Waals surface area contributed by atoms with Gasteiger partial charge in [-0.3, -0.25) is 4.79 Å². The van der Waals surface area contributed by atoms with Crippen molar-refractivity contribution in [2.24, 2.45) is 0 Å². The normalized spacial score (nSPS) is 19.9. The first-order valence-electron chi connectivity index (χ1n) is 6.23. The zero-order chi connectivity index (χ0) is 13.1. The average molecular weight is 264 g/mol. The Morgan fingerprint density at radius 3 is 2.72 bits per heavy atom. The molecule has 0 aliphatic carbocycles. The van der Waals surface area contributed by atoms with Gasteiger partial charge in [-0.2, -0.15) is 12.6 Å². The van der Waals surface area contributed by atoms with E-state index >= 15 is 0 Å². The van der Waals surface area contributed by atoms with Crippen LogP contribution in [0.5, 0.6) is 0 Å². The van der Waals surface area contributed by atoms with E-state index in [1.807, 2.05) is 4.90 Å². The van der Waals surface area contributed by atoms with Crippen molar-refractivity contribution < 1.29 is 4.79 Å². The molecule has 1 fully saturated rings. The number of rotatable bonds is 4. The molecule has 1 aliphatic heterocycles. The Morgan fingerprint density at radius 2 is 2.11 bits per heavy atom. The Bertz CT molecular complexity index is 434. The fourth-order valence-electron chi connectivity index (χ4n) is 2.32. The third-order valence-corrected chi connectivity index (χ3v) is 3.40. The molecule has 1 aromatic carbocycles. The average Bonchev–Trinajstić information content (AvgIpc) is 2.57. The minimum Gasteiger partial charge on any atom is -0.337 e. The van der Waals surface area contributed by atoms with Gasteiger partial charge in [0.1, 0.15) is 0 Å². The zero-order valence-corrected chi connectivity index (χ0v) is 11.9. The van der Waals surface area contributed by atoms with Crippen molar-refractivity contribution in [3.8, 4) is 0 Å². The Kier molecular flexibility index (Phi) is 4.30. The predicted octanol–water partition coefficient (Wildman–Crippen LogP) is 1.78. The van der Waals surface area contributed by atoms with Crippen LogP contribution in [0.2, 0.25) is 0 Å². The number of benzene rings is 1. The van der Waals surface area contributed by atoms with Gasteiger partial charge >= 0.3 is 0 Å². The maximum Gasteiger partial charge on any atom is 0.224 e. The molecular weight excluding hydrogens is 244 g/mol. The molecule has 1 saturated heterocycles. The Labute approximate surface area is 114 Å². The van der Waals surface area contributed by atoms with E-state index in [4.69, 9.17) is 0 Å². The fourth-order valence-corrected chi connectivity index (χ4v) is 2.67. The third-order valence-electron chi connectivity index (χ3n) is 3.06. The molecule has 1 amide bonds. The van der Waals surface area contributed by atoms with Crippen molar-refractivity contribution in [2.45, 2.75) is 24.8 Å². The van der Waals surface area contributed by atoms with Crippen molar-refractivity contribution in [1.82, 2.24) is 9.80 Å². The molecular formula is C14H20N2OS. The van der Waals surface area contributed by atoms with Crippen LogP contribution in [-0.2, 0) is 17.9 Å². The summed E-state index contributed by atoms with van der Waals surface area (Å²) in [5.41, 5.74) is 2.48. The second kappa shape index (κ2) is 5.76. The number of nitrogens with zero attached hydrogens (tertiary/aromatic N) is 2. The van der Waals surface area contributed by atoms with Gasteiger partial charge < -0.3 is 9.80 Å². The van der Waals surface area contributed by atoms with E-state index in [2.05, 4.69) is 55.9 Å². The summed E-state index contributed by atoms with van der Waals surface area (Å²) < 4.78 is 0. The summed E-state index contributed by atoms with van der Waals surface area (Å²) in [5, 5.41) is 0.197. The van der Waals surface area contributed by atoms with Crippen LogP contribution in [0.4, 0.5) is 0 Å². The van der Waals surface area contributed by atoms with Gasteiger partial charge in [0.2, 0.25) is 5.91 Å². The summed E-state index contributed by atoms with van der Waals surface area (Å²) in [6.07, 6.45) is 0.570. The molecule has 1 unspecified atom stereocenters. The van der Waals surface area contributed by atoms with Crippen LogP contribution in [0.15, 0.2) is 24.3 Å². The lowest BCUT2D eigenvalue weighted by Crippen LogP contribution is -2.24. The molecule has 2 rings (SSSR count). The topological polar surface area (TPSA) is 23.6 Å². The van der Waals surface area contributed by atoms with Crippen LogP contribution in [0.25, 0.3) is 0 Å². The maximum atomic E-state index is 11.7. The highest BCUT2D eigenvalue weighted by Crippen LogP contribution is 2.19. The summed E-state index contributed by atoms with van der Waals surface area (Å²) >= 11 is 4.37. The number of amides is 1. The van der Waals surface area contributed by atoms with Crippen molar-refractivity contribution in [2.75, 3.05) is 20.6 Å². The summed E-state index contributed by atoms with van der Waals surface area (Å²) in [5.74, 6) is 0.216. The largest absolute Gasteiger partial charge is 0.337 e. The molecule has 3 nitrogen and oxygen atoms in total. The highest BCUT2D eigenvalue weighted by molar-refractivity contribution is 7.81. The highest BCUT2D eigenvalue weighted by Gasteiger charge is 2.26. The fraction of sp³-hybridized carbons (Fsp3) is 0.500. The van der Waals surface area contributed by atoms with Crippen molar-refractivity contribution >= 4 is 18.5 Å². The van der Waals surface area contributed by atoms with Crippen LogP contribution < -0.4 is 0 Å². The van der Waals surface area contributed by atoms with E-state index < -0.39 is 0 Å². The number of carbonyl (C=O) groups is 1. The van der Waals surface area contributed by atoms with Gasteiger partial charge in [-0.15, -0.1) is 0 Å². The number of hydrogen-bond acceptors (Lipinski definition) is 3. The quantitative estimate of drug-likeness (QED) is 0.838. The minimum absolute atomic E-state index is 0.197. The van der Waals surface area contributed by atoms with E-state index in [9.17, 15) is 4.79 Å². The second-order valence-electron chi connectivity index (χ2n) is 5.19. The first-order valence-corrected chi connectivity index (χ1v) is 6.74. The lowest BCUT2D eigenvalue weighted by molar-refractivity contribution is -0.128. The molecule has 0 bridgehead atoms. The lowest BCUT2D eigenvalue weighted by atomic mass is 10.1. The lowest BCUT2D eigenvalue weighted by Gasteiger charge is -2.17. The summed E-state index contributed by atoms with van der Waals surface area (Å²) in [6.45, 7) is 2.40. The van der Waals surface area contributed by atoms with Crippen LogP contribution in [-0.4, -0.2) is 41.6 Å². The number of thiol groups is 1. The maximum absolute atomic E-state index is 11.7. The Balaban J connectivity index is 2.03. The first-order chi connectivity index (χ1) is 8.54. The van der Waals surface area contributed by atoms with Crippen LogP contribution in [0, 0.1) is 0 Å². The third kappa shape index (κ3) is 3.50. The number of carbonyl (C=O) groups excluding carboxylic acids is 1. The molecule has 0 spiro atoms. The zero-order valence-electron chi connectivity index (χ0n) is 11.0. The van der Waals surface area contributed by atoms with Crippen molar-refractivity contribution in [3.05, 3.63) is 35.4 Å². The van der Waals surface area contributed by atoms with Gasteiger partial charge in [0.25, 0.3) is 0 Å². The second-order valence-corrected chi connectivity index (χ2v) is 5.92. The SMILES string of the molecule is CN(C)Cc1cccc(CN2CC(S)CC2=O)c1. The van der Waals surface area contributed by atoms with E-state index in [0.717, 1.165) is 13.1 Å². The monoisotopic (exact) mass is 264 g/mol. The van der Waals surface area contributed by atoms with E-state index in [0.29, 0.717) is 13.0 Å². The van der Waals surface area contributed by atoms with Gasteiger partial charge in [0.05, 0.1) is 0 Å². The molecule has 0 aromatic heterocycles. The van der Waals surface area contributed by atoms with Gasteiger partial charge in [-0.05, 0) is 25.2 Å².